The van der Waals surface area contributed by atoms with Crippen molar-refractivity contribution in [3.8, 4) is 0 Å². The second-order valence-electron chi connectivity index (χ2n) is 7.59. The molecule has 0 spiro atoms. The van der Waals surface area contributed by atoms with Crippen molar-refractivity contribution < 1.29 is 20.6 Å². The Hall–Kier alpha value is -2.21. The fourth-order valence-corrected chi connectivity index (χ4v) is 4.30. The van der Waals surface area contributed by atoms with E-state index in [0.29, 0.717) is 18.4 Å². The first-order valence-electron chi connectivity index (χ1n) is 9.16. The van der Waals surface area contributed by atoms with Gasteiger partial charge in [-0.15, -0.1) is 0 Å². The summed E-state index contributed by atoms with van der Waals surface area (Å²) in [4.78, 5) is 21.1. The van der Waals surface area contributed by atoms with Crippen molar-refractivity contribution in [1.82, 2.24) is 0 Å². The minimum Gasteiger partial charge on any atom is -0.550 e. The summed E-state index contributed by atoms with van der Waals surface area (Å²) in [6.07, 6.45) is 4.45. The number of allylic oxidation sites excluding steroid dienone is 2. The van der Waals surface area contributed by atoms with Gasteiger partial charge in [-0.2, -0.15) is 0 Å². The topological polar surface area (TPSA) is 111 Å². The molecule has 142 valence electrons. The maximum Gasteiger partial charge on any atom is 0.210 e. The molecule has 2 aliphatic carbocycles. The molecule has 0 heterocycles. The minimum atomic E-state index is -1.18. The molecule has 0 aliphatic heterocycles. The number of nitro groups is 1. The Kier molecular flexibility index (Phi) is 6.53. The van der Waals surface area contributed by atoms with E-state index in [4.69, 9.17) is 0 Å². The summed E-state index contributed by atoms with van der Waals surface area (Å²) < 4.78 is 0. The third kappa shape index (κ3) is 4.69. The predicted octanol–water partition coefficient (Wildman–Crippen LogP) is 1.76. The van der Waals surface area contributed by atoms with Crippen LogP contribution < -0.4 is 10.8 Å². The highest BCUT2D eigenvalue weighted by Crippen LogP contribution is 2.60. The van der Waals surface area contributed by atoms with Gasteiger partial charge in [0.05, 0.1) is 0 Å². The van der Waals surface area contributed by atoms with Gasteiger partial charge >= 0.3 is 0 Å². The Morgan fingerprint density at radius 3 is 2.50 bits per heavy atom. The van der Waals surface area contributed by atoms with E-state index in [0.717, 1.165) is 12.8 Å². The Labute approximate surface area is 154 Å². The number of carboxylic acids is 1. The first kappa shape index (κ1) is 20.1. The number of carboxylic acid groups (broad SMARTS) is 1. The predicted molar refractivity (Wildman–Crippen MR) is 96.3 cm³/mol. The summed E-state index contributed by atoms with van der Waals surface area (Å²) in [6, 6.07) is 10.7. The number of rotatable bonds is 6. The van der Waals surface area contributed by atoms with Gasteiger partial charge in [-0.1, -0.05) is 48.9 Å². The van der Waals surface area contributed by atoms with Crippen LogP contribution in [-0.4, -0.2) is 17.4 Å². The van der Waals surface area contributed by atoms with Gasteiger partial charge in [0, 0.05) is 21.9 Å². The van der Waals surface area contributed by atoms with Crippen molar-refractivity contribution >= 4 is 5.97 Å². The van der Waals surface area contributed by atoms with Crippen molar-refractivity contribution in [2.75, 3.05) is 6.54 Å². The SMILES string of the molecule is CCC1=C[C@@H]2[C@H](C1)C[C@@]2(CC(=O)[O-])C[N+](=O)[O-].C[C@@H]([NH3+])c1ccccc1. The number of carbonyl (C=O) groups excluding carboxylic acids is 1. The zero-order valence-corrected chi connectivity index (χ0v) is 15.5. The highest BCUT2D eigenvalue weighted by molar-refractivity contribution is 5.66. The van der Waals surface area contributed by atoms with E-state index in [1.165, 1.54) is 11.1 Å². The fraction of sp³-hybridized carbons (Fsp3) is 0.550. The van der Waals surface area contributed by atoms with Crippen LogP contribution in [0.25, 0.3) is 0 Å². The van der Waals surface area contributed by atoms with Crippen molar-refractivity contribution in [3.63, 3.8) is 0 Å². The van der Waals surface area contributed by atoms with Gasteiger partial charge in [0.25, 0.3) is 0 Å². The fourth-order valence-electron chi connectivity index (χ4n) is 4.30. The van der Waals surface area contributed by atoms with E-state index in [-0.39, 0.29) is 18.9 Å². The van der Waals surface area contributed by atoms with Crippen LogP contribution in [0.1, 0.15) is 51.1 Å². The molecule has 0 aromatic heterocycles. The van der Waals surface area contributed by atoms with Crippen LogP contribution in [0, 0.1) is 27.4 Å². The molecule has 0 amide bonds. The lowest BCUT2D eigenvalue weighted by molar-refractivity contribution is -0.506. The molecule has 3 rings (SSSR count). The van der Waals surface area contributed by atoms with Gasteiger partial charge in [0.1, 0.15) is 6.04 Å². The van der Waals surface area contributed by atoms with Gasteiger partial charge in [0.2, 0.25) is 6.54 Å². The second kappa shape index (κ2) is 8.45. The van der Waals surface area contributed by atoms with Crippen LogP contribution in [0.5, 0.6) is 0 Å². The quantitative estimate of drug-likeness (QED) is 0.473. The molecule has 6 nitrogen and oxygen atoms in total. The lowest BCUT2D eigenvalue weighted by Gasteiger charge is -2.50. The second-order valence-corrected chi connectivity index (χ2v) is 7.59. The third-order valence-electron chi connectivity index (χ3n) is 5.59. The summed E-state index contributed by atoms with van der Waals surface area (Å²) in [5.41, 5.74) is 5.83. The van der Waals surface area contributed by atoms with Crippen molar-refractivity contribution in [1.29, 1.82) is 0 Å². The number of quaternary nitrogens is 1. The Bertz CT molecular complexity index is 654. The average Bonchev–Trinajstić information content (AvgIpc) is 2.93. The van der Waals surface area contributed by atoms with Gasteiger partial charge in [-0.05, 0) is 44.4 Å². The molecular weight excluding hydrogens is 332 g/mol. The van der Waals surface area contributed by atoms with Crippen LogP contribution in [-0.2, 0) is 4.79 Å². The molecule has 26 heavy (non-hydrogen) atoms. The summed E-state index contributed by atoms with van der Waals surface area (Å²) in [6.45, 7) is 3.90. The summed E-state index contributed by atoms with van der Waals surface area (Å²) in [7, 11) is 0. The number of hydrogen-bond acceptors (Lipinski definition) is 4. The van der Waals surface area contributed by atoms with Crippen LogP contribution in [0.4, 0.5) is 0 Å². The summed E-state index contributed by atoms with van der Waals surface area (Å²) >= 11 is 0. The first-order chi connectivity index (χ1) is 12.3. The Balaban J connectivity index is 0.000000228. The lowest BCUT2D eigenvalue weighted by atomic mass is 9.53. The van der Waals surface area contributed by atoms with Crippen LogP contribution >= 0.6 is 0 Å². The molecule has 0 radical (unpaired) electrons. The van der Waals surface area contributed by atoms with Gasteiger partial charge < -0.3 is 15.6 Å². The maximum absolute atomic E-state index is 10.8. The molecule has 0 saturated heterocycles. The molecule has 1 aromatic carbocycles. The highest BCUT2D eigenvalue weighted by atomic mass is 16.6. The average molecular weight is 360 g/mol. The molecule has 0 bridgehead atoms. The van der Waals surface area contributed by atoms with E-state index in [1.54, 1.807) is 0 Å². The number of fused-ring (bicyclic) bond motifs is 1. The standard InChI is InChI=1S/C12H17NO4.C8H11N/c1-2-8-3-9-5-12(6-11(14)15,7-13(16)17)10(9)4-8;1-7(9)8-5-3-2-4-6-8/h4,9-10H,2-3,5-7H2,1H3,(H,14,15);2-7H,9H2,1H3/t9-,10-,12-;7-/m11/s1. The van der Waals surface area contributed by atoms with Crippen LogP contribution in [0.3, 0.4) is 0 Å². The molecule has 4 atom stereocenters. The molecule has 6 heteroatoms. The first-order valence-corrected chi connectivity index (χ1v) is 9.16. The molecule has 1 saturated carbocycles. The molecule has 1 aromatic rings. The molecule has 3 N–H and O–H groups in total. The summed E-state index contributed by atoms with van der Waals surface area (Å²) in [5, 5.41) is 21.5. The lowest BCUT2D eigenvalue weighted by Crippen LogP contribution is -2.52. The molecule has 1 fully saturated rings. The van der Waals surface area contributed by atoms with E-state index in [1.807, 2.05) is 18.2 Å². The Morgan fingerprint density at radius 1 is 1.38 bits per heavy atom. The van der Waals surface area contributed by atoms with Crippen LogP contribution in [0.15, 0.2) is 42.0 Å². The zero-order valence-electron chi connectivity index (χ0n) is 15.5. The largest absolute Gasteiger partial charge is 0.550 e. The highest BCUT2D eigenvalue weighted by Gasteiger charge is 2.57. The van der Waals surface area contributed by atoms with E-state index < -0.39 is 16.3 Å². The normalized spacial score (nSPS) is 27.3. The summed E-state index contributed by atoms with van der Waals surface area (Å²) in [5.74, 6) is -0.686. The Morgan fingerprint density at radius 2 is 2.04 bits per heavy atom. The number of aliphatic carboxylic acids is 1. The smallest absolute Gasteiger partial charge is 0.210 e. The molecule has 2 aliphatic rings. The maximum atomic E-state index is 10.8. The molecular formula is C20H28N2O4. The minimum absolute atomic E-state index is 0.0701. The van der Waals surface area contributed by atoms with E-state index in [2.05, 4.69) is 37.8 Å². The van der Waals surface area contributed by atoms with E-state index in [9.17, 15) is 20.0 Å². The number of hydrogen-bond donors (Lipinski definition) is 1. The van der Waals surface area contributed by atoms with Gasteiger partial charge in [0.15, 0.2) is 0 Å². The van der Waals surface area contributed by atoms with Gasteiger partial charge in [-0.3, -0.25) is 10.1 Å². The van der Waals surface area contributed by atoms with Crippen molar-refractivity contribution in [2.45, 2.75) is 45.6 Å². The number of nitrogens with zero attached hydrogens (tertiary/aromatic N) is 1. The number of benzene rings is 1. The monoisotopic (exact) mass is 360 g/mol. The third-order valence-corrected chi connectivity index (χ3v) is 5.59. The number of carbonyl (C=O) groups is 1. The van der Waals surface area contributed by atoms with Crippen LogP contribution in [0.2, 0.25) is 0 Å². The van der Waals surface area contributed by atoms with E-state index >= 15 is 0 Å². The zero-order chi connectivity index (χ0) is 19.3. The van der Waals surface area contributed by atoms with Crippen molar-refractivity contribution in [2.24, 2.45) is 17.3 Å². The van der Waals surface area contributed by atoms with Gasteiger partial charge in [-0.25, -0.2) is 0 Å². The van der Waals surface area contributed by atoms with Crippen molar-refractivity contribution in [3.05, 3.63) is 57.7 Å². The molecule has 0 unspecified atom stereocenters.